The number of nitrogens with zero attached hydrogens (tertiary/aromatic N) is 3. The molecule has 2 aromatic heterocycles. The highest BCUT2D eigenvalue weighted by Gasteiger charge is 2.35. The van der Waals surface area contributed by atoms with Crippen LogP contribution in [0.1, 0.15) is 29.0 Å². The number of esters is 1. The molecule has 5 rings (SSSR count). The van der Waals surface area contributed by atoms with Crippen LogP contribution in [0.5, 0.6) is 5.75 Å². The molecule has 0 spiro atoms. The molecule has 3 heterocycles. The van der Waals surface area contributed by atoms with E-state index in [0.29, 0.717) is 26.4 Å². The van der Waals surface area contributed by atoms with Gasteiger partial charge in [-0.2, -0.15) is 5.26 Å². The molecule has 0 N–H and O–H groups in total. The zero-order valence-corrected chi connectivity index (χ0v) is 26.3. The van der Waals surface area contributed by atoms with Crippen LogP contribution in [0.2, 0.25) is 0 Å². The third-order valence-corrected chi connectivity index (χ3v) is 9.30. The molecule has 39 heavy (non-hydrogen) atoms. The lowest BCUT2D eigenvalue weighted by molar-refractivity contribution is -0.138. The van der Waals surface area contributed by atoms with Crippen molar-refractivity contribution in [3.63, 3.8) is 0 Å². The molecule has 0 amide bonds. The molecule has 0 bridgehead atoms. The molecular weight excluding hydrogens is 760 g/mol. The lowest BCUT2D eigenvalue weighted by Crippen LogP contribution is -2.39. The maximum absolute atomic E-state index is 13.9. The average Bonchev–Trinajstić information content (AvgIpc) is 3.56. The zero-order chi connectivity index (χ0) is 27.5. The number of hydrogen-bond acceptors (Lipinski definition) is 8. The van der Waals surface area contributed by atoms with Crippen LogP contribution in [-0.2, 0) is 9.53 Å². The first-order valence-corrected chi connectivity index (χ1v) is 15.6. The summed E-state index contributed by atoms with van der Waals surface area (Å²) >= 11 is 7.08. The Balaban J connectivity index is 1.74. The molecule has 0 radical (unpaired) electrons. The average molecular weight is 779 g/mol. The minimum absolute atomic E-state index is 0.0424. The molecule has 4 aromatic rings. The molecule has 196 valence electrons. The molecule has 1 atom stereocenters. The second kappa shape index (κ2) is 12.2. The Labute approximate surface area is 259 Å². The van der Waals surface area contributed by atoms with E-state index in [4.69, 9.17) is 19.7 Å². The van der Waals surface area contributed by atoms with Crippen molar-refractivity contribution in [2.45, 2.75) is 13.0 Å². The number of hydrogen-bond donors (Lipinski definition) is 0. The van der Waals surface area contributed by atoms with Crippen LogP contribution in [0.3, 0.4) is 0 Å². The summed E-state index contributed by atoms with van der Waals surface area (Å²) in [5.74, 6) is 0.144. The molecule has 0 aliphatic carbocycles. The van der Waals surface area contributed by atoms with E-state index in [-0.39, 0.29) is 18.8 Å². The SMILES string of the molecule is CCOC(=O)C1=C(c2ccccc2)N=c2s/c(=C\c3cc(I)c(OCC#N)c(I)c3)c(=O)n2[C@H]1c1cccs1. The number of benzene rings is 2. The highest BCUT2D eigenvalue weighted by Crippen LogP contribution is 2.37. The smallest absolute Gasteiger partial charge is 0.338 e. The van der Waals surface area contributed by atoms with Crippen molar-refractivity contribution in [2.75, 3.05) is 13.2 Å². The van der Waals surface area contributed by atoms with E-state index < -0.39 is 12.0 Å². The number of halogens is 2. The van der Waals surface area contributed by atoms with Crippen molar-refractivity contribution in [2.24, 2.45) is 4.99 Å². The Hall–Kier alpha value is -2.80. The normalized spacial score (nSPS) is 14.9. The van der Waals surface area contributed by atoms with Gasteiger partial charge >= 0.3 is 5.97 Å². The molecule has 0 unspecified atom stereocenters. The van der Waals surface area contributed by atoms with E-state index in [2.05, 4.69) is 45.2 Å². The van der Waals surface area contributed by atoms with Crippen molar-refractivity contribution >= 4 is 85.6 Å². The first kappa shape index (κ1) is 27.8. The molecular formula is C28H19I2N3O4S2. The monoisotopic (exact) mass is 779 g/mol. The summed E-state index contributed by atoms with van der Waals surface area (Å²) < 4.78 is 14.8. The molecule has 0 saturated heterocycles. The van der Waals surface area contributed by atoms with E-state index in [9.17, 15) is 9.59 Å². The Bertz CT molecular complexity index is 1780. The van der Waals surface area contributed by atoms with Crippen LogP contribution in [0.25, 0.3) is 11.8 Å². The van der Waals surface area contributed by atoms with Gasteiger partial charge in [0.05, 0.1) is 29.5 Å². The molecule has 0 saturated carbocycles. The van der Waals surface area contributed by atoms with E-state index in [0.717, 1.165) is 23.1 Å². The number of nitriles is 1. The van der Waals surface area contributed by atoms with E-state index >= 15 is 0 Å². The third kappa shape index (κ3) is 5.60. The number of ether oxygens (including phenoxy) is 2. The number of carbonyl (C=O) groups excluding carboxylic acids is 1. The zero-order valence-electron chi connectivity index (χ0n) is 20.4. The van der Waals surface area contributed by atoms with Crippen LogP contribution in [0, 0.1) is 18.5 Å². The van der Waals surface area contributed by atoms with Crippen LogP contribution < -0.4 is 19.6 Å². The quantitative estimate of drug-likeness (QED) is 0.192. The fourth-order valence-corrected chi connectivity index (χ4v) is 8.17. The Morgan fingerprint density at radius 1 is 1.18 bits per heavy atom. The van der Waals surface area contributed by atoms with Gasteiger partial charge in [-0.15, -0.1) is 11.3 Å². The van der Waals surface area contributed by atoms with Gasteiger partial charge < -0.3 is 9.47 Å². The fraction of sp³-hybridized carbons (Fsp3) is 0.143. The number of thiophene rings is 1. The van der Waals surface area contributed by atoms with Crippen molar-refractivity contribution < 1.29 is 14.3 Å². The third-order valence-electron chi connectivity index (χ3n) is 5.79. The highest BCUT2D eigenvalue weighted by atomic mass is 127. The van der Waals surface area contributed by atoms with Gasteiger partial charge in [0.15, 0.2) is 11.4 Å². The minimum atomic E-state index is -0.667. The van der Waals surface area contributed by atoms with Crippen molar-refractivity contribution in [1.29, 1.82) is 5.26 Å². The van der Waals surface area contributed by atoms with E-state index in [1.807, 2.05) is 72.1 Å². The predicted octanol–water partition coefficient (Wildman–Crippen LogP) is 5.11. The maximum Gasteiger partial charge on any atom is 0.338 e. The summed E-state index contributed by atoms with van der Waals surface area (Å²) in [4.78, 5) is 33.5. The van der Waals surface area contributed by atoms with Gasteiger partial charge in [-0.3, -0.25) is 9.36 Å². The van der Waals surface area contributed by atoms with Gasteiger partial charge in [-0.25, -0.2) is 9.79 Å². The number of carbonyl (C=O) groups is 1. The Morgan fingerprint density at radius 2 is 1.92 bits per heavy atom. The van der Waals surface area contributed by atoms with Gasteiger partial charge in [0.2, 0.25) is 0 Å². The summed E-state index contributed by atoms with van der Waals surface area (Å²) in [6, 6.07) is 18.4. The van der Waals surface area contributed by atoms with E-state index in [1.54, 1.807) is 11.5 Å². The second-order valence-electron chi connectivity index (χ2n) is 8.21. The number of aromatic nitrogens is 1. The molecule has 1 aliphatic heterocycles. The summed E-state index contributed by atoms with van der Waals surface area (Å²) in [5, 5.41) is 10.8. The van der Waals surface area contributed by atoms with Crippen molar-refractivity contribution in [3.8, 4) is 11.8 Å². The largest absolute Gasteiger partial charge is 0.477 e. The van der Waals surface area contributed by atoms with Crippen LogP contribution in [0.4, 0.5) is 0 Å². The first-order chi connectivity index (χ1) is 18.9. The lowest BCUT2D eigenvalue weighted by atomic mass is 9.97. The fourth-order valence-electron chi connectivity index (χ4n) is 4.21. The van der Waals surface area contributed by atoms with Gasteiger partial charge in [-0.1, -0.05) is 47.7 Å². The highest BCUT2D eigenvalue weighted by molar-refractivity contribution is 14.1. The van der Waals surface area contributed by atoms with Crippen LogP contribution >= 0.6 is 67.9 Å². The predicted molar refractivity (Wildman–Crippen MR) is 168 cm³/mol. The van der Waals surface area contributed by atoms with Gasteiger partial charge in [0.1, 0.15) is 17.9 Å². The summed E-state index contributed by atoms with van der Waals surface area (Å²) in [5.41, 5.74) is 2.20. The lowest BCUT2D eigenvalue weighted by Gasteiger charge is -2.24. The van der Waals surface area contributed by atoms with Crippen molar-refractivity contribution in [3.05, 3.63) is 108 Å². The minimum Gasteiger partial charge on any atom is -0.477 e. The summed E-state index contributed by atoms with van der Waals surface area (Å²) in [6.07, 6.45) is 1.82. The molecule has 1 aliphatic rings. The Kier molecular flexibility index (Phi) is 8.65. The van der Waals surface area contributed by atoms with Crippen molar-refractivity contribution in [1.82, 2.24) is 4.57 Å². The number of thiazole rings is 1. The molecule has 7 nitrogen and oxygen atoms in total. The van der Waals surface area contributed by atoms with Crippen LogP contribution in [-0.4, -0.2) is 23.8 Å². The number of rotatable bonds is 7. The molecule has 0 fully saturated rings. The molecule has 11 heteroatoms. The molecule has 2 aromatic carbocycles. The van der Waals surface area contributed by atoms with Gasteiger partial charge in [-0.05, 0) is 87.3 Å². The Morgan fingerprint density at radius 3 is 2.56 bits per heavy atom. The van der Waals surface area contributed by atoms with Crippen LogP contribution in [0.15, 0.2) is 75.3 Å². The second-order valence-corrected chi connectivity index (χ2v) is 12.5. The standard InChI is InChI=1S/C28H19I2N3O4S2/c1-2-36-27(35)22-23(17-7-4-3-5-8-17)32-28-33(24(22)20-9-6-12-38-20)26(34)21(39-28)15-16-13-18(29)25(19(30)14-16)37-11-10-31/h3-9,12-15,24H,2,11H2,1H3/b21-15-/t24-/m0/s1. The first-order valence-electron chi connectivity index (χ1n) is 11.7. The number of fused-ring (bicyclic) bond motifs is 1. The summed E-state index contributed by atoms with van der Waals surface area (Å²) in [6.45, 7) is 1.92. The van der Waals surface area contributed by atoms with Gasteiger partial charge in [0, 0.05) is 10.4 Å². The maximum atomic E-state index is 13.9. The van der Waals surface area contributed by atoms with E-state index in [1.165, 1.54) is 22.7 Å². The summed E-state index contributed by atoms with van der Waals surface area (Å²) in [7, 11) is 0. The topological polar surface area (TPSA) is 93.7 Å². The van der Waals surface area contributed by atoms with Gasteiger partial charge in [0.25, 0.3) is 5.56 Å².